The quantitative estimate of drug-likeness (QED) is 0.0235. The standard InChI is InChI=1S/C46H85O10P/c1-3-5-7-9-11-13-15-17-19-20-21-22-24-26-28-30-32-34-36-38-46(50)56-44(42-55-57(51,52)54-40-43(48)39-47)41-53-45(49)37-35-33-31-29-27-25-23-18-16-14-12-10-8-6-4-2/h11,13,17,19,27,29,43-44,47-48H,3-10,12,14-16,18,20-26,28,30-42H2,1-2H3,(H,51,52)/b13-11+,19-17+,29-27+/t43-,44+/m0/s1. The molecule has 0 aliphatic heterocycles. The summed E-state index contributed by atoms with van der Waals surface area (Å²) in [6, 6.07) is 0. The van der Waals surface area contributed by atoms with Crippen molar-refractivity contribution in [2.75, 3.05) is 26.4 Å². The van der Waals surface area contributed by atoms with Crippen molar-refractivity contribution in [3.8, 4) is 0 Å². The average molecular weight is 829 g/mol. The molecular formula is C46H85O10P. The smallest absolute Gasteiger partial charge is 0.462 e. The van der Waals surface area contributed by atoms with E-state index in [1.165, 1.54) is 116 Å². The van der Waals surface area contributed by atoms with Crippen LogP contribution in [0.15, 0.2) is 36.5 Å². The minimum Gasteiger partial charge on any atom is -0.462 e. The van der Waals surface area contributed by atoms with Crippen molar-refractivity contribution >= 4 is 19.8 Å². The fraction of sp³-hybridized carbons (Fsp3) is 0.826. The number of allylic oxidation sites excluding steroid dienone is 6. The first-order valence-corrected chi connectivity index (χ1v) is 24.4. The Morgan fingerprint density at radius 2 is 0.912 bits per heavy atom. The third-order valence-corrected chi connectivity index (χ3v) is 10.7. The van der Waals surface area contributed by atoms with Gasteiger partial charge in [0.1, 0.15) is 12.7 Å². The Bertz CT molecular complexity index is 1050. The van der Waals surface area contributed by atoms with E-state index in [0.717, 1.165) is 51.4 Å². The summed E-state index contributed by atoms with van der Waals surface area (Å²) in [5.74, 6) is -0.951. The molecule has 0 saturated heterocycles. The molecule has 1 unspecified atom stereocenters. The minimum absolute atomic E-state index is 0.176. The van der Waals surface area contributed by atoms with Gasteiger partial charge in [-0.15, -0.1) is 0 Å². The molecule has 3 N–H and O–H groups in total. The predicted octanol–water partition coefficient (Wildman–Crippen LogP) is 12.3. The Labute approximate surface area is 348 Å². The molecule has 334 valence electrons. The van der Waals surface area contributed by atoms with Crippen LogP contribution in [0.1, 0.15) is 206 Å². The molecule has 0 radical (unpaired) electrons. The highest BCUT2D eigenvalue weighted by molar-refractivity contribution is 7.47. The van der Waals surface area contributed by atoms with E-state index >= 15 is 0 Å². The summed E-state index contributed by atoms with van der Waals surface area (Å²) in [5.41, 5.74) is 0. The molecule has 0 spiro atoms. The van der Waals surface area contributed by atoms with E-state index in [1.54, 1.807) is 0 Å². The summed E-state index contributed by atoms with van der Waals surface area (Å²) in [6.45, 7) is 2.34. The van der Waals surface area contributed by atoms with Gasteiger partial charge in [0, 0.05) is 12.8 Å². The summed E-state index contributed by atoms with van der Waals surface area (Å²) in [5, 5.41) is 18.3. The number of ether oxygens (including phenoxy) is 2. The van der Waals surface area contributed by atoms with Crippen molar-refractivity contribution in [3.63, 3.8) is 0 Å². The highest BCUT2D eigenvalue weighted by atomic mass is 31.2. The van der Waals surface area contributed by atoms with Crippen LogP contribution >= 0.6 is 7.82 Å². The Kier molecular flexibility index (Phi) is 41.0. The monoisotopic (exact) mass is 829 g/mol. The van der Waals surface area contributed by atoms with Crippen molar-refractivity contribution < 1.29 is 47.8 Å². The first kappa shape index (κ1) is 55.2. The van der Waals surface area contributed by atoms with Gasteiger partial charge in [-0.2, -0.15) is 0 Å². The number of carbonyl (C=O) groups is 2. The number of rotatable bonds is 43. The molecule has 0 saturated carbocycles. The number of carbonyl (C=O) groups excluding carboxylic acids is 2. The summed E-state index contributed by atoms with van der Waals surface area (Å²) < 4.78 is 32.7. The van der Waals surface area contributed by atoms with Gasteiger partial charge in [0.2, 0.25) is 0 Å². The molecule has 10 nitrogen and oxygen atoms in total. The van der Waals surface area contributed by atoms with Crippen LogP contribution in [0.5, 0.6) is 0 Å². The summed E-state index contributed by atoms with van der Waals surface area (Å²) >= 11 is 0. The molecule has 3 atom stereocenters. The number of unbranched alkanes of at least 4 members (excludes halogenated alkanes) is 23. The fourth-order valence-electron chi connectivity index (χ4n) is 6.19. The maximum absolute atomic E-state index is 12.6. The van der Waals surface area contributed by atoms with Crippen LogP contribution in [-0.2, 0) is 32.7 Å². The third-order valence-electron chi connectivity index (χ3n) is 9.77. The second kappa shape index (κ2) is 42.3. The SMILES string of the molecule is CCCCC/C=C/C/C=C/CCCCCCCCCCCC(=O)O[C@H](COC(=O)CCCC/C=C/CCCCCCCCCCC)COP(=O)(O)OC[C@@H](O)CO. The van der Waals surface area contributed by atoms with E-state index < -0.39 is 51.8 Å². The zero-order valence-corrected chi connectivity index (χ0v) is 37.2. The summed E-state index contributed by atoms with van der Waals surface area (Å²) in [6.07, 6.45) is 43.9. The molecule has 0 rings (SSSR count). The number of esters is 2. The third kappa shape index (κ3) is 42.1. The highest BCUT2D eigenvalue weighted by Crippen LogP contribution is 2.43. The van der Waals surface area contributed by atoms with Crippen LogP contribution < -0.4 is 0 Å². The molecule has 0 aliphatic rings. The average Bonchev–Trinajstić information content (AvgIpc) is 3.20. The van der Waals surface area contributed by atoms with Crippen LogP contribution in [0.4, 0.5) is 0 Å². The Morgan fingerprint density at radius 1 is 0.526 bits per heavy atom. The predicted molar refractivity (Wildman–Crippen MR) is 233 cm³/mol. The summed E-state index contributed by atoms with van der Waals surface area (Å²) in [4.78, 5) is 35.0. The van der Waals surface area contributed by atoms with Crippen LogP contribution in [0.3, 0.4) is 0 Å². The number of aliphatic hydroxyl groups excluding tert-OH is 2. The number of hydrogen-bond acceptors (Lipinski definition) is 9. The Morgan fingerprint density at radius 3 is 1.44 bits per heavy atom. The normalized spacial score (nSPS) is 14.1. The molecule has 0 aromatic heterocycles. The van der Waals surface area contributed by atoms with E-state index in [4.69, 9.17) is 23.6 Å². The van der Waals surface area contributed by atoms with E-state index in [1.807, 2.05) is 0 Å². The van der Waals surface area contributed by atoms with Gasteiger partial charge in [-0.1, -0.05) is 159 Å². The first-order chi connectivity index (χ1) is 27.7. The van der Waals surface area contributed by atoms with Crippen molar-refractivity contribution in [1.82, 2.24) is 0 Å². The lowest BCUT2D eigenvalue weighted by Gasteiger charge is -2.20. The van der Waals surface area contributed by atoms with Gasteiger partial charge in [0.25, 0.3) is 0 Å². The molecule has 11 heteroatoms. The van der Waals surface area contributed by atoms with Gasteiger partial charge in [0.05, 0.1) is 19.8 Å². The lowest BCUT2D eigenvalue weighted by Crippen LogP contribution is -2.29. The van der Waals surface area contributed by atoms with Crippen molar-refractivity contribution in [3.05, 3.63) is 36.5 Å². The number of phosphoric ester groups is 1. The molecule has 0 aromatic rings. The molecule has 0 amide bonds. The van der Waals surface area contributed by atoms with Gasteiger partial charge in [0.15, 0.2) is 6.10 Å². The van der Waals surface area contributed by atoms with Gasteiger partial charge < -0.3 is 24.6 Å². The Hall–Kier alpha value is -1.81. The van der Waals surface area contributed by atoms with E-state index in [9.17, 15) is 24.2 Å². The highest BCUT2D eigenvalue weighted by Gasteiger charge is 2.27. The van der Waals surface area contributed by atoms with Gasteiger partial charge >= 0.3 is 19.8 Å². The zero-order chi connectivity index (χ0) is 41.9. The fourth-order valence-corrected chi connectivity index (χ4v) is 6.98. The lowest BCUT2D eigenvalue weighted by molar-refractivity contribution is -0.161. The summed E-state index contributed by atoms with van der Waals surface area (Å²) in [7, 11) is -4.62. The van der Waals surface area contributed by atoms with Gasteiger partial charge in [-0.25, -0.2) is 4.57 Å². The first-order valence-electron chi connectivity index (χ1n) is 22.9. The van der Waals surface area contributed by atoms with E-state index in [2.05, 4.69) is 50.3 Å². The van der Waals surface area contributed by atoms with Gasteiger partial charge in [-0.05, 0) is 70.6 Å². The molecular weight excluding hydrogens is 743 g/mol. The number of aliphatic hydroxyl groups is 2. The molecule has 0 heterocycles. The van der Waals surface area contributed by atoms with Crippen LogP contribution in [0.2, 0.25) is 0 Å². The number of phosphoric acid groups is 1. The van der Waals surface area contributed by atoms with Crippen molar-refractivity contribution in [2.24, 2.45) is 0 Å². The minimum atomic E-state index is -4.62. The molecule has 0 aliphatic carbocycles. The van der Waals surface area contributed by atoms with Crippen molar-refractivity contribution in [2.45, 2.75) is 219 Å². The topological polar surface area (TPSA) is 149 Å². The lowest BCUT2D eigenvalue weighted by atomic mass is 10.1. The molecule has 0 bridgehead atoms. The Balaban J connectivity index is 4.28. The largest absolute Gasteiger partial charge is 0.472 e. The number of hydrogen-bond donors (Lipinski definition) is 3. The maximum atomic E-state index is 12.6. The molecule has 57 heavy (non-hydrogen) atoms. The van der Waals surface area contributed by atoms with Crippen LogP contribution in [-0.4, -0.2) is 65.7 Å². The second-order valence-electron chi connectivity index (χ2n) is 15.4. The van der Waals surface area contributed by atoms with Gasteiger partial charge in [-0.3, -0.25) is 18.6 Å². The van der Waals surface area contributed by atoms with Crippen LogP contribution in [0.25, 0.3) is 0 Å². The van der Waals surface area contributed by atoms with Crippen molar-refractivity contribution in [1.29, 1.82) is 0 Å². The van der Waals surface area contributed by atoms with Crippen LogP contribution in [0, 0.1) is 0 Å². The molecule has 0 fully saturated rings. The molecule has 0 aromatic carbocycles. The van der Waals surface area contributed by atoms with E-state index in [-0.39, 0.29) is 19.4 Å². The zero-order valence-electron chi connectivity index (χ0n) is 36.3. The van der Waals surface area contributed by atoms with E-state index in [0.29, 0.717) is 12.8 Å². The maximum Gasteiger partial charge on any atom is 0.472 e. The second-order valence-corrected chi connectivity index (χ2v) is 16.9.